The van der Waals surface area contributed by atoms with Gasteiger partial charge >= 0.3 is 6.18 Å². The van der Waals surface area contributed by atoms with Crippen LogP contribution in [0.1, 0.15) is 23.2 Å². The second-order valence-electron chi connectivity index (χ2n) is 5.49. The van der Waals surface area contributed by atoms with Crippen LogP contribution in [0.25, 0.3) is 0 Å². The zero-order valence-electron chi connectivity index (χ0n) is 12.5. The standard InChI is InChI=1S/C14H16F3N3O4/c15-14(16,17)7-24-9-3-4-12(20(22)23)10(5-9)13(21)19-11(6-18)8-1-2-8/h3-5,8,11H,1-2,6-7,18H2,(H,19,21). The SMILES string of the molecule is NCC(NC(=O)c1cc(OCC(F)(F)F)ccc1[N+](=O)[O-])C1CC1. The minimum Gasteiger partial charge on any atom is -0.484 e. The van der Waals surface area contributed by atoms with Crippen LogP contribution in [-0.4, -0.2) is 36.2 Å². The van der Waals surface area contributed by atoms with E-state index < -0.39 is 29.3 Å². The van der Waals surface area contributed by atoms with Crippen molar-refractivity contribution >= 4 is 11.6 Å². The minimum atomic E-state index is -4.55. The Kier molecular flexibility index (Phi) is 5.27. The summed E-state index contributed by atoms with van der Waals surface area (Å²) in [5.74, 6) is -0.817. The number of hydrogen-bond acceptors (Lipinski definition) is 5. The Balaban J connectivity index is 2.20. The van der Waals surface area contributed by atoms with Gasteiger partial charge in [0.25, 0.3) is 11.6 Å². The molecular formula is C14H16F3N3O4. The number of halogens is 3. The molecule has 1 atom stereocenters. The molecule has 1 aliphatic carbocycles. The van der Waals surface area contributed by atoms with E-state index in [1.54, 1.807) is 0 Å². The molecule has 0 aromatic heterocycles. The first-order chi connectivity index (χ1) is 11.2. The average molecular weight is 347 g/mol. The van der Waals surface area contributed by atoms with Crippen molar-refractivity contribution in [2.75, 3.05) is 13.2 Å². The first kappa shape index (κ1) is 18.0. The number of alkyl halides is 3. The third-order valence-electron chi connectivity index (χ3n) is 3.57. The van der Waals surface area contributed by atoms with Crippen molar-refractivity contribution in [2.24, 2.45) is 11.7 Å². The molecule has 1 aromatic rings. The van der Waals surface area contributed by atoms with E-state index in [-0.39, 0.29) is 29.8 Å². The zero-order chi connectivity index (χ0) is 17.9. The molecule has 1 fully saturated rings. The summed E-state index contributed by atoms with van der Waals surface area (Å²) >= 11 is 0. The smallest absolute Gasteiger partial charge is 0.422 e. The molecule has 0 radical (unpaired) electrons. The van der Waals surface area contributed by atoms with Gasteiger partial charge in [-0.3, -0.25) is 14.9 Å². The van der Waals surface area contributed by atoms with Crippen LogP contribution in [0.15, 0.2) is 18.2 Å². The van der Waals surface area contributed by atoms with Crippen molar-refractivity contribution < 1.29 is 27.6 Å². The fourth-order valence-electron chi connectivity index (χ4n) is 2.23. The van der Waals surface area contributed by atoms with Gasteiger partial charge < -0.3 is 15.8 Å². The van der Waals surface area contributed by atoms with E-state index in [1.165, 1.54) is 0 Å². The summed E-state index contributed by atoms with van der Waals surface area (Å²) < 4.78 is 41.1. The lowest BCUT2D eigenvalue weighted by molar-refractivity contribution is -0.385. The molecule has 1 aliphatic rings. The normalized spacial score (nSPS) is 15.7. The van der Waals surface area contributed by atoms with Crippen molar-refractivity contribution in [1.82, 2.24) is 5.32 Å². The molecule has 0 heterocycles. The number of rotatable bonds is 7. The maximum Gasteiger partial charge on any atom is 0.422 e. The topological polar surface area (TPSA) is 107 Å². The average Bonchev–Trinajstić information content (AvgIpc) is 3.34. The van der Waals surface area contributed by atoms with Crippen LogP contribution in [0.4, 0.5) is 18.9 Å². The summed E-state index contributed by atoms with van der Waals surface area (Å²) in [7, 11) is 0. The predicted octanol–water partition coefficient (Wildman–Crippen LogP) is 2.00. The van der Waals surface area contributed by atoms with Crippen molar-refractivity contribution in [3.8, 4) is 5.75 Å². The van der Waals surface area contributed by atoms with Crippen molar-refractivity contribution in [2.45, 2.75) is 25.1 Å². The van der Waals surface area contributed by atoms with Gasteiger partial charge in [0, 0.05) is 18.7 Å². The van der Waals surface area contributed by atoms with E-state index in [2.05, 4.69) is 10.1 Å². The van der Waals surface area contributed by atoms with Gasteiger partial charge in [0.05, 0.1) is 4.92 Å². The Bertz CT molecular complexity index is 632. The number of nitro groups is 1. The van der Waals surface area contributed by atoms with E-state index >= 15 is 0 Å². The summed E-state index contributed by atoms with van der Waals surface area (Å²) in [5.41, 5.74) is 4.69. The molecule has 0 saturated heterocycles. The molecule has 3 N–H and O–H groups in total. The number of nitro benzene ring substituents is 1. The van der Waals surface area contributed by atoms with Crippen molar-refractivity contribution in [1.29, 1.82) is 0 Å². The number of hydrogen-bond donors (Lipinski definition) is 2. The van der Waals surface area contributed by atoms with Gasteiger partial charge in [-0.15, -0.1) is 0 Å². The minimum absolute atomic E-state index is 0.175. The quantitative estimate of drug-likeness (QED) is 0.579. The number of benzene rings is 1. The third kappa shape index (κ3) is 4.82. The molecule has 1 unspecified atom stereocenters. The number of nitrogens with zero attached hydrogens (tertiary/aromatic N) is 1. The molecule has 10 heteroatoms. The molecule has 24 heavy (non-hydrogen) atoms. The number of nitrogens with one attached hydrogen (secondary N) is 1. The lowest BCUT2D eigenvalue weighted by Crippen LogP contribution is -2.41. The van der Waals surface area contributed by atoms with Gasteiger partial charge in [0.15, 0.2) is 6.61 Å². The Morgan fingerprint density at radius 2 is 2.12 bits per heavy atom. The molecule has 0 spiro atoms. The molecule has 1 aromatic carbocycles. The van der Waals surface area contributed by atoms with Crippen LogP contribution in [0.3, 0.4) is 0 Å². The van der Waals surface area contributed by atoms with Crippen LogP contribution in [-0.2, 0) is 0 Å². The summed E-state index contributed by atoms with van der Waals surface area (Å²) in [6, 6.07) is 2.56. The van der Waals surface area contributed by atoms with E-state index in [0.29, 0.717) is 0 Å². The zero-order valence-corrected chi connectivity index (χ0v) is 12.5. The van der Waals surface area contributed by atoms with Crippen molar-refractivity contribution in [3.05, 3.63) is 33.9 Å². The van der Waals surface area contributed by atoms with Crippen LogP contribution in [0.5, 0.6) is 5.75 Å². The summed E-state index contributed by atoms with van der Waals surface area (Å²) in [5, 5.41) is 13.6. The van der Waals surface area contributed by atoms with Crippen LogP contribution < -0.4 is 15.8 Å². The van der Waals surface area contributed by atoms with Gasteiger partial charge in [0.1, 0.15) is 11.3 Å². The maximum atomic E-state index is 12.3. The number of ether oxygens (including phenoxy) is 1. The highest BCUT2D eigenvalue weighted by Crippen LogP contribution is 2.33. The second kappa shape index (κ2) is 7.04. The first-order valence-corrected chi connectivity index (χ1v) is 7.20. The van der Waals surface area contributed by atoms with E-state index in [1.807, 2.05) is 0 Å². The number of nitrogens with two attached hydrogens (primary N) is 1. The number of amides is 1. The number of carbonyl (C=O) groups is 1. The van der Waals surface area contributed by atoms with Gasteiger partial charge in [0.2, 0.25) is 0 Å². The Hall–Kier alpha value is -2.36. The van der Waals surface area contributed by atoms with Crippen LogP contribution in [0.2, 0.25) is 0 Å². The lowest BCUT2D eigenvalue weighted by atomic mass is 10.1. The van der Waals surface area contributed by atoms with Gasteiger partial charge in [-0.2, -0.15) is 13.2 Å². The fraction of sp³-hybridized carbons (Fsp3) is 0.500. The van der Waals surface area contributed by atoms with E-state index in [0.717, 1.165) is 31.0 Å². The van der Waals surface area contributed by atoms with Crippen LogP contribution in [0, 0.1) is 16.0 Å². The lowest BCUT2D eigenvalue weighted by Gasteiger charge is -2.16. The highest BCUT2D eigenvalue weighted by atomic mass is 19.4. The summed E-state index contributed by atoms with van der Waals surface area (Å²) in [6.45, 7) is -1.38. The molecule has 2 rings (SSSR count). The summed E-state index contributed by atoms with van der Waals surface area (Å²) in [4.78, 5) is 22.5. The monoisotopic (exact) mass is 347 g/mol. The Morgan fingerprint density at radius 1 is 1.46 bits per heavy atom. The molecular weight excluding hydrogens is 331 g/mol. The Morgan fingerprint density at radius 3 is 2.62 bits per heavy atom. The van der Waals surface area contributed by atoms with Gasteiger partial charge in [-0.25, -0.2) is 0 Å². The van der Waals surface area contributed by atoms with Gasteiger partial charge in [-0.05, 0) is 30.9 Å². The highest BCUT2D eigenvalue weighted by Gasteiger charge is 2.33. The predicted molar refractivity (Wildman–Crippen MR) is 77.7 cm³/mol. The molecule has 132 valence electrons. The third-order valence-corrected chi connectivity index (χ3v) is 3.57. The second-order valence-corrected chi connectivity index (χ2v) is 5.49. The molecule has 7 nitrogen and oxygen atoms in total. The van der Waals surface area contributed by atoms with E-state index in [4.69, 9.17) is 5.73 Å². The van der Waals surface area contributed by atoms with Gasteiger partial charge in [-0.1, -0.05) is 0 Å². The molecule has 0 bridgehead atoms. The largest absolute Gasteiger partial charge is 0.484 e. The maximum absolute atomic E-state index is 12.3. The van der Waals surface area contributed by atoms with Crippen molar-refractivity contribution in [3.63, 3.8) is 0 Å². The van der Waals surface area contributed by atoms with E-state index in [9.17, 15) is 28.1 Å². The molecule has 0 aliphatic heterocycles. The fourth-order valence-corrected chi connectivity index (χ4v) is 2.23. The first-order valence-electron chi connectivity index (χ1n) is 7.20. The Labute approximate surface area is 135 Å². The highest BCUT2D eigenvalue weighted by molar-refractivity contribution is 5.98. The van der Waals surface area contributed by atoms with Crippen LogP contribution >= 0.6 is 0 Å². The summed E-state index contributed by atoms with van der Waals surface area (Å²) in [6.07, 6.45) is -2.75. The molecule has 1 saturated carbocycles. The molecule has 1 amide bonds. The number of carbonyl (C=O) groups excluding carboxylic acids is 1.